The fraction of sp³-hybridized carbons (Fsp3) is 0.943. The average molecular weight is 607 g/mol. The highest BCUT2D eigenvalue weighted by atomic mass is 28.4. The lowest BCUT2D eigenvalue weighted by Gasteiger charge is -2.64. The zero-order chi connectivity index (χ0) is 30.9. The summed E-state index contributed by atoms with van der Waals surface area (Å²) >= 11 is 0. The lowest BCUT2D eigenvalue weighted by molar-refractivity contribution is -0.257. The molecule has 4 fully saturated rings. The van der Waals surface area contributed by atoms with E-state index in [0.717, 1.165) is 26.1 Å². The van der Waals surface area contributed by atoms with Crippen LogP contribution in [0.3, 0.4) is 0 Å². The zero-order valence-corrected chi connectivity index (χ0v) is 29.6. The van der Waals surface area contributed by atoms with E-state index in [1.54, 1.807) is 7.11 Å². The Morgan fingerprint density at radius 1 is 1.02 bits per heavy atom. The van der Waals surface area contributed by atoms with Gasteiger partial charge in [-0.1, -0.05) is 67.5 Å². The van der Waals surface area contributed by atoms with Crippen LogP contribution in [0.2, 0.25) is 18.1 Å². The zero-order valence-electron chi connectivity index (χ0n) is 28.6. The number of fused-ring (bicyclic) bond motifs is 5. The molecular formula is C35H62O6Si. The summed E-state index contributed by atoms with van der Waals surface area (Å²) in [5.41, 5.74) is -1.04. The van der Waals surface area contributed by atoms with Gasteiger partial charge in [0.25, 0.3) is 0 Å². The number of rotatable bonds is 7. The first-order valence-electron chi connectivity index (χ1n) is 16.8. The van der Waals surface area contributed by atoms with Gasteiger partial charge in [0.15, 0.2) is 14.6 Å². The van der Waals surface area contributed by atoms with E-state index < -0.39 is 19.3 Å². The first-order chi connectivity index (χ1) is 19.4. The number of methoxy groups -OCH3 is 1. The van der Waals surface area contributed by atoms with Crippen LogP contribution in [0.15, 0.2) is 12.2 Å². The van der Waals surface area contributed by atoms with E-state index in [1.165, 1.54) is 19.3 Å². The molecule has 0 radical (unpaired) electrons. The molecule has 1 N–H and O–H groups in total. The second-order valence-electron chi connectivity index (χ2n) is 17.6. The Kier molecular flexibility index (Phi) is 8.83. The molecule has 4 aliphatic carbocycles. The van der Waals surface area contributed by atoms with Crippen molar-refractivity contribution in [3.05, 3.63) is 12.2 Å². The highest BCUT2D eigenvalue weighted by Crippen LogP contribution is 2.68. The maximum absolute atomic E-state index is 12.6. The third kappa shape index (κ3) is 5.43. The number of aliphatic hydroxyl groups is 1. The Bertz CT molecular complexity index is 996. The molecule has 1 heterocycles. The third-order valence-electron chi connectivity index (χ3n) is 13.4. The van der Waals surface area contributed by atoms with Gasteiger partial charge in [-0.2, -0.15) is 0 Å². The van der Waals surface area contributed by atoms with Crippen molar-refractivity contribution in [1.82, 2.24) is 0 Å². The quantitative estimate of drug-likeness (QED) is 0.183. The molecule has 0 aromatic rings. The first kappa shape index (κ1) is 33.1. The van der Waals surface area contributed by atoms with Crippen molar-refractivity contribution in [3.63, 3.8) is 0 Å². The minimum absolute atomic E-state index is 0.0296. The molecule has 5 aliphatic rings. The smallest absolute Gasteiger partial charge is 0.192 e. The molecule has 1 aliphatic heterocycles. The van der Waals surface area contributed by atoms with Crippen LogP contribution in [0.25, 0.3) is 0 Å². The topological polar surface area (TPSA) is 66.4 Å². The van der Waals surface area contributed by atoms with Crippen LogP contribution in [0, 0.1) is 45.8 Å². The Balaban J connectivity index is 1.40. The van der Waals surface area contributed by atoms with Crippen molar-refractivity contribution in [1.29, 1.82) is 0 Å². The van der Waals surface area contributed by atoms with E-state index in [2.05, 4.69) is 80.6 Å². The Hall–Kier alpha value is -0.283. The molecule has 0 aromatic carbocycles. The van der Waals surface area contributed by atoms with Gasteiger partial charge in [-0.15, -0.1) is 0 Å². The van der Waals surface area contributed by atoms with Gasteiger partial charge in [-0.3, -0.25) is 0 Å². The second kappa shape index (κ2) is 11.2. The summed E-state index contributed by atoms with van der Waals surface area (Å²) in [6.45, 7) is 24.9. The summed E-state index contributed by atoms with van der Waals surface area (Å²) < 4.78 is 31.5. The Morgan fingerprint density at radius 2 is 1.69 bits per heavy atom. The fourth-order valence-corrected chi connectivity index (χ4v) is 11.2. The standard InChI is InChI=1S/C35H62O6Si/c1-23(30-38-20-32(5,6)21-39-30)26-12-13-27-25-14-17-35(36)19-24(41-42(10,11)31(2,3)4)18-29(40-22-37-9)34(35,8)28(25)15-16-33(26,27)7/h14,17,23-30,36H,12-13,15-16,18-22H2,1-11H3/t23?,24?,25-,26+,27-,28-,29?,33+,34-,35?/m0/s1. The van der Waals surface area contributed by atoms with Crippen molar-refractivity contribution < 1.29 is 28.5 Å². The average Bonchev–Trinajstić information content (AvgIpc) is 3.24. The molecule has 5 rings (SSSR count). The van der Waals surface area contributed by atoms with E-state index in [9.17, 15) is 5.11 Å². The van der Waals surface area contributed by atoms with Gasteiger partial charge >= 0.3 is 0 Å². The summed E-state index contributed by atoms with van der Waals surface area (Å²) in [6, 6.07) is 0. The molecule has 10 atom stereocenters. The van der Waals surface area contributed by atoms with Crippen LogP contribution in [0.5, 0.6) is 0 Å². The molecule has 242 valence electrons. The molecule has 0 bridgehead atoms. The predicted octanol–water partition coefficient (Wildman–Crippen LogP) is 7.56. The monoisotopic (exact) mass is 606 g/mol. The summed E-state index contributed by atoms with van der Waals surface area (Å²) in [5.74, 6) is 2.33. The minimum Gasteiger partial charge on any atom is -0.414 e. The molecule has 0 aromatic heterocycles. The molecule has 7 heteroatoms. The Labute approximate surface area is 257 Å². The lowest BCUT2D eigenvalue weighted by Crippen LogP contribution is -2.67. The lowest BCUT2D eigenvalue weighted by atomic mass is 9.44. The van der Waals surface area contributed by atoms with Crippen molar-refractivity contribution in [2.45, 2.75) is 136 Å². The summed E-state index contributed by atoms with van der Waals surface area (Å²) in [6.07, 6.45) is 10.5. The minimum atomic E-state index is -2.01. The highest BCUT2D eigenvalue weighted by molar-refractivity contribution is 6.74. The van der Waals surface area contributed by atoms with Crippen LogP contribution in [-0.2, 0) is 23.4 Å². The van der Waals surface area contributed by atoms with E-state index in [4.69, 9.17) is 23.4 Å². The molecule has 4 unspecified atom stereocenters. The van der Waals surface area contributed by atoms with Crippen molar-refractivity contribution >= 4 is 8.32 Å². The van der Waals surface area contributed by atoms with Crippen LogP contribution < -0.4 is 0 Å². The van der Waals surface area contributed by atoms with E-state index in [1.807, 2.05) is 0 Å². The Morgan fingerprint density at radius 3 is 2.31 bits per heavy atom. The molecule has 0 amide bonds. The first-order valence-corrected chi connectivity index (χ1v) is 19.7. The predicted molar refractivity (Wildman–Crippen MR) is 169 cm³/mol. The third-order valence-corrected chi connectivity index (χ3v) is 17.9. The van der Waals surface area contributed by atoms with Gasteiger partial charge in [0.2, 0.25) is 0 Å². The van der Waals surface area contributed by atoms with Crippen molar-refractivity contribution in [3.8, 4) is 0 Å². The van der Waals surface area contributed by atoms with Gasteiger partial charge in [0.05, 0.1) is 31.0 Å². The van der Waals surface area contributed by atoms with E-state index in [-0.39, 0.29) is 41.2 Å². The molecular weight excluding hydrogens is 544 g/mol. The van der Waals surface area contributed by atoms with Gasteiger partial charge in [-0.25, -0.2) is 0 Å². The van der Waals surface area contributed by atoms with Crippen LogP contribution in [-0.4, -0.2) is 64.6 Å². The number of allylic oxidation sites excluding steroid dienone is 1. The van der Waals surface area contributed by atoms with Gasteiger partial charge in [0, 0.05) is 30.3 Å². The molecule has 0 spiro atoms. The number of ether oxygens (including phenoxy) is 4. The maximum atomic E-state index is 12.6. The van der Waals surface area contributed by atoms with Gasteiger partial charge in [0.1, 0.15) is 6.79 Å². The van der Waals surface area contributed by atoms with Gasteiger partial charge < -0.3 is 28.5 Å². The van der Waals surface area contributed by atoms with E-state index >= 15 is 0 Å². The molecule has 6 nitrogen and oxygen atoms in total. The molecule has 42 heavy (non-hydrogen) atoms. The van der Waals surface area contributed by atoms with Crippen LogP contribution in [0.4, 0.5) is 0 Å². The fourth-order valence-electron chi connectivity index (χ4n) is 9.83. The largest absolute Gasteiger partial charge is 0.414 e. The number of hydrogen-bond donors (Lipinski definition) is 1. The summed E-state index contributed by atoms with van der Waals surface area (Å²) in [4.78, 5) is 0. The van der Waals surface area contributed by atoms with Gasteiger partial charge in [-0.05, 0) is 79.3 Å². The van der Waals surface area contributed by atoms with Crippen molar-refractivity contribution in [2.75, 3.05) is 27.1 Å². The highest BCUT2D eigenvalue weighted by Gasteiger charge is 2.67. The normalized spacial score (nSPS) is 44.8. The van der Waals surface area contributed by atoms with Crippen molar-refractivity contribution in [2.24, 2.45) is 45.8 Å². The molecule has 3 saturated carbocycles. The summed E-state index contributed by atoms with van der Waals surface area (Å²) in [7, 11) is -0.321. The SMILES string of the molecule is COCOC1CC(O[Si](C)(C)C(C)(C)C)CC2(O)C=C[C@H]3[C@@H]4CC[C@H](C(C)C5OCC(C)(C)CO5)[C@@]4(C)CC[C@@H]3[C@@]12C. The van der Waals surface area contributed by atoms with Crippen LogP contribution >= 0.6 is 0 Å². The van der Waals surface area contributed by atoms with Crippen LogP contribution in [0.1, 0.15) is 93.9 Å². The molecule has 1 saturated heterocycles. The van der Waals surface area contributed by atoms with E-state index in [0.29, 0.717) is 36.0 Å². The second-order valence-corrected chi connectivity index (χ2v) is 22.4. The maximum Gasteiger partial charge on any atom is 0.192 e. The summed E-state index contributed by atoms with van der Waals surface area (Å²) in [5, 5.41) is 12.7. The number of hydrogen-bond acceptors (Lipinski definition) is 6.